The Labute approximate surface area is 115 Å². The van der Waals surface area contributed by atoms with E-state index in [1.165, 1.54) is 0 Å². The molecule has 2 rings (SSSR count). The standard InChI is InChI=1S/C15H13F2NO2/c1-2-20-14-5-3-10(4-6-14)15(19)18-13-8-11(16)7-12(17)9-13/h3-9H,2H2,1H3,(H,18,19). The lowest BCUT2D eigenvalue weighted by atomic mass is 10.2. The average Bonchev–Trinajstić information content (AvgIpc) is 2.38. The number of hydrogen-bond donors (Lipinski definition) is 1. The summed E-state index contributed by atoms with van der Waals surface area (Å²) in [5.74, 6) is -1.28. The van der Waals surface area contributed by atoms with Gasteiger partial charge >= 0.3 is 0 Å². The third-order valence-electron chi connectivity index (χ3n) is 2.55. The van der Waals surface area contributed by atoms with Crippen molar-refractivity contribution in [3.8, 4) is 5.75 Å². The molecule has 0 aliphatic carbocycles. The third-order valence-corrected chi connectivity index (χ3v) is 2.55. The molecule has 0 bridgehead atoms. The largest absolute Gasteiger partial charge is 0.494 e. The molecule has 1 amide bonds. The van der Waals surface area contributed by atoms with Crippen LogP contribution >= 0.6 is 0 Å². The van der Waals surface area contributed by atoms with Crippen molar-refractivity contribution in [3.05, 3.63) is 59.7 Å². The van der Waals surface area contributed by atoms with Gasteiger partial charge in [-0.15, -0.1) is 0 Å². The fourth-order valence-corrected chi connectivity index (χ4v) is 1.70. The fraction of sp³-hybridized carbons (Fsp3) is 0.133. The highest BCUT2D eigenvalue weighted by molar-refractivity contribution is 6.04. The summed E-state index contributed by atoms with van der Waals surface area (Å²) in [6.45, 7) is 2.40. The van der Waals surface area contributed by atoms with Gasteiger partial charge in [0.25, 0.3) is 5.91 Å². The summed E-state index contributed by atoms with van der Waals surface area (Å²) in [6.07, 6.45) is 0. The molecule has 0 radical (unpaired) electrons. The maximum atomic E-state index is 13.0. The molecule has 2 aromatic rings. The Morgan fingerprint density at radius 2 is 1.70 bits per heavy atom. The highest BCUT2D eigenvalue weighted by Gasteiger charge is 2.08. The Hall–Kier alpha value is -2.43. The SMILES string of the molecule is CCOc1ccc(C(=O)Nc2cc(F)cc(F)c2)cc1. The minimum Gasteiger partial charge on any atom is -0.494 e. The Morgan fingerprint density at radius 1 is 1.10 bits per heavy atom. The maximum Gasteiger partial charge on any atom is 0.255 e. The minimum atomic E-state index is -0.744. The fourth-order valence-electron chi connectivity index (χ4n) is 1.70. The number of anilines is 1. The highest BCUT2D eigenvalue weighted by Crippen LogP contribution is 2.16. The molecular weight excluding hydrogens is 264 g/mol. The van der Waals surface area contributed by atoms with E-state index < -0.39 is 17.5 Å². The molecule has 0 saturated heterocycles. The lowest BCUT2D eigenvalue weighted by Crippen LogP contribution is -2.12. The molecule has 0 heterocycles. The van der Waals surface area contributed by atoms with Gasteiger partial charge in [0.05, 0.1) is 6.61 Å². The van der Waals surface area contributed by atoms with E-state index in [1.807, 2.05) is 6.92 Å². The van der Waals surface area contributed by atoms with Crippen LogP contribution in [-0.2, 0) is 0 Å². The van der Waals surface area contributed by atoms with Crippen molar-refractivity contribution < 1.29 is 18.3 Å². The predicted molar refractivity (Wildman–Crippen MR) is 71.9 cm³/mol. The Kier molecular flexibility index (Phi) is 4.30. The molecule has 3 nitrogen and oxygen atoms in total. The summed E-state index contributed by atoms with van der Waals surface area (Å²) in [4.78, 5) is 11.9. The first kappa shape index (κ1) is 14.0. The molecule has 104 valence electrons. The molecule has 0 fully saturated rings. The summed E-state index contributed by atoms with van der Waals surface area (Å²) in [6, 6.07) is 9.32. The number of rotatable bonds is 4. The van der Waals surface area contributed by atoms with Crippen LogP contribution in [0.25, 0.3) is 0 Å². The quantitative estimate of drug-likeness (QED) is 0.927. The van der Waals surface area contributed by atoms with Crippen LogP contribution in [-0.4, -0.2) is 12.5 Å². The topological polar surface area (TPSA) is 38.3 Å². The van der Waals surface area contributed by atoms with Crippen LogP contribution in [0.4, 0.5) is 14.5 Å². The number of carbonyl (C=O) groups is 1. The smallest absolute Gasteiger partial charge is 0.255 e. The van der Waals surface area contributed by atoms with Gasteiger partial charge in [-0.05, 0) is 43.3 Å². The number of amides is 1. The molecule has 5 heteroatoms. The molecule has 2 aromatic carbocycles. The van der Waals surface area contributed by atoms with E-state index in [0.29, 0.717) is 17.9 Å². The number of benzene rings is 2. The van der Waals surface area contributed by atoms with Gasteiger partial charge in [0.1, 0.15) is 17.4 Å². The van der Waals surface area contributed by atoms with Crippen LogP contribution in [0.15, 0.2) is 42.5 Å². The van der Waals surface area contributed by atoms with E-state index in [-0.39, 0.29) is 5.69 Å². The second-order valence-electron chi connectivity index (χ2n) is 4.07. The number of carbonyl (C=O) groups excluding carboxylic acids is 1. The molecule has 1 N–H and O–H groups in total. The van der Waals surface area contributed by atoms with E-state index in [1.54, 1.807) is 24.3 Å². The lowest BCUT2D eigenvalue weighted by molar-refractivity contribution is 0.102. The molecule has 0 aromatic heterocycles. The third kappa shape index (κ3) is 3.54. The van der Waals surface area contributed by atoms with Crippen molar-refractivity contribution in [2.24, 2.45) is 0 Å². The van der Waals surface area contributed by atoms with Gasteiger partial charge in [0.2, 0.25) is 0 Å². The van der Waals surface area contributed by atoms with Crippen LogP contribution < -0.4 is 10.1 Å². The van der Waals surface area contributed by atoms with Crippen LogP contribution in [0.3, 0.4) is 0 Å². The summed E-state index contributed by atoms with van der Waals surface area (Å²) < 4.78 is 31.3. The first-order chi connectivity index (χ1) is 9.58. The zero-order chi connectivity index (χ0) is 14.5. The van der Waals surface area contributed by atoms with Crippen LogP contribution in [0.2, 0.25) is 0 Å². The van der Waals surface area contributed by atoms with Crippen LogP contribution in [0.1, 0.15) is 17.3 Å². The first-order valence-electron chi connectivity index (χ1n) is 6.09. The Balaban J connectivity index is 2.11. The predicted octanol–water partition coefficient (Wildman–Crippen LogP) is 3.62. The number of nitrogens with one attached hydrogen (secondary N) is 1. The molecule has 20 heavy (non-hydrogen) atoms. The van der Waals surface area contributed by atoms with Crippen molar-refractivity contribution >= 4 is 11.6 Å². The lowest BCUT2D eigenvalue weighted by Gasteiger charge is -2.07. The minimum absolute atomic E-state index is 0.0707. The number of halogens is 2. The monoisotopic (exact) mass is 277 g/mol. The van der Waals surface area contributed by atoms with E-state index in [4.69, 9.17) is 4.74 Å². The van der Waals surface area contributed by atoms with Gasteiger partial charge in [-0.1, -0.05) is 0 Å². The summed E-state index contributed by atoms with van der Waals surface area (Å²) in [5, 5.41) is 2.43. The van der Waals surface area contributed by atoms with Crippen molar-refractivity contribution in [2.45, 2.75) is 6.92 Å². The molecule has 0 unspecified atom stereocenters. The van der Waals surface area contributed by atoms with E-state index in [0.717, 1.165) is 18.2 Å². The van der Waals surface area contributed by atoms with Gasteiger partial charge in [-0.3, -0.25) is 4.79 Å². The average molecular weight is 277 g/mol. The Morgan fingerprint density at radius 3 is 2.25 bits per heavy atom. The molecule has 0 aliphatic rings. The van der Waals surface area contributed by atoms with E-state index >= 15 is 0 Å². The van der Waals surface area contributed by atoms with E-state index in [9.17, 15) is 13.6 Å². The zero-order valence-corrected chi connectivity index (χ0v) is 10.8. The van der Waals surface area contributed by atoms with Crippen molar-refractivity contribution in [3.63, 3.8) is 0 Å². The van der Waals surface area contributed by atoms with Crippen molar-refractivity contribution in [2.75, 3.05) is 11.9 Å². The molecule has 0 atom stereocenters. The van der Waals surface area contributed by atoms with Gasteiger partial charge in [-0.25, -0.2) is 8.78 Å². The molecular formula is C15H13F2NO2. The summed E-state index contributed by atoms with van der Waals surface area (Å²) >= 11 is 0. The first-order valence-corrected chi connectivity index (χ1v) is 6.09. The highest BCUT2D eigenvalue weighted by atomic mass is 19.1. The van der Waals surface area contributed by atoms with Crippen molar-refractivity contribution in [1.82, 2.24) is 0 Å². The van der Waals surface area contributed by atoms with Crippen LogP contribution in [0.5, 0.6) is 5.75 Å². The van der Waals surface area contributed by atoms with Gasteiger partial charge in [0, 0.05) is 17.3 Å². The van der Waals surface area contributed by atoms with Crippen LogP contribution in [0, 0.1) is 11.6 Å². The second kappa shape index (κ2) is 6.14. The second-order valence-corrected chi connectivity index (χ2v) is 4.07. The zero-order valence-electron chi connectivity index (χ0n) is 10.8. The Bertz CT molecular complexity index is 592. The summed E-state index contributed by atoms with van der Waals surface area (Å²) in [7, 11) is 0. The van der Waals surface area contributed by atoms with E-state index in [2.05, 4.69) is 5.32 Å². The molecule has 0 spiro atoms. The number of hydrogen-bond acceptors (Lipinski definition) is 2. The van der Waals surface area contributed by atoms with Gasteiger partial charge in [-0.2, -0.15) is 0 Å². The summed E-state index contributed by atoms with van der Waals surface area (Å²) in [5.41, 5.74) is 0.444. The van der Waals surface area contributed by atoms with Gasteiger partial charge in [0.15, 0.2) is 0 Å². The van der Waals surface area contributed by atoms with Crippen molar-refractivity contribution in [1.29, 1.82) is 0 Å². The van der Waals surface area contributed by atoms with Gasteiger partial charge < -0.3 is 10.1 Å². The normalized spacial score (nSPS) is 10.2. The maximum absolute atomic E-state index is 13.0. The number of ether oxygens (including phenoxy) is 1. The molecule has 0 saturated carbocycles. The molecule has 0 aliphatic heterocycles.